The number of nitrogens with zero attached hydrogens (tertiary/aromatic N) is 2. The van der Waals surface area contributed by atoms with Gasteiger partial charge in [-0.05, 0) is 24.8 Å². The van der Waals surface area contributed by atoms with E-state index in [1.165, 1.54) is 19.4 Å². The summed E-state index contributed by atoms with van der Waals surface area (Å²) in [5.41, 5.74) is -0.429. The maximum absolute atomic E-state index is 12.6. The highest BCUT2D eigenvalue weighted by Crippen LogP contribution is 2.37. The van der Waals surface area contributed by atoms with Crippen molar-refractivity contribution >= 4 is 23.8 Å². The molecule has 1 aliphatic heterocycles. The van der Waals surface area contributed by atoms with Crippen LogP contribution in [0.25, 0.3) is 0 Å². The van der Waals surface area contributed by atoms with E-state index in [9.17, 15) is 34.5 Å². The lowest BCUT2D eigenvalue weighted by atomic mass is 9.86. The van der Waals surface area contributed by atoms with Crippen LogP contribution in [-0.4, -0.2) is 73.3 Å². The fourth-order valence-corrected chi connectivity index (χ4v) is 4.77. The molecule has 2 amide bonds. The lowest BCUT2D eigenvalue weighted by Gasteiger charge is -2.29. The Morgan fingerprint density at radius 2 is 2.00 bits per heavy atom. The average molecular weight is 538 g/mol. The Morgan fingerprint density at radius 3 is 2.61 bits per heavy atom. The highest BCUT2D eigenvalue weighted by Gasteiger charge is 2.37. The fourth-order valence-electron chi connectivity index (χ4n) is 4.77. The van der Waals surface area contributed by atoms with E-state index in [0.717, 1.165) is 30.7 Å². The SMILES string of the molecule is C=C1[C@H](c2cc(NC(=O)O[C@H](C(=O)O)[C@H](C)N(N)C(=O)CCC3CCCCC3)nc(=O)[nH]2)OC[C@H]1C(O)O. The minimum atomic E-state index is -1.80. The van der Waals surface area contributed by atoms with Gasteiger partial charge in [-0.1, -0.05) is 38.7 Å². The van der Waals surface area contributed by atoms with Gasteiger partial charge in [-0.25, -0.2) is 20.2 Å². The van der Waals surface area contributed by atoms with E-state index in [4.69, 9.17) is 15.3 Å². The summed E-state index contributed by atoms with van der Waals surface area (Å²) in [6, 6.07) is 0.0605. The maximum atomic E-state index is 12.6. The van der Waals surface area contributed by atoms with Crippen molar-refractivity contribution in [3.8, 4) is 0 Å². The summed E-state index contributed by atoms with van der Waals surface area (Å²) in [7, 11) is 0. The topological polar surface area (TPSA) is 217 Å². The van der Waals surface area contributed by atoms with Crippen molar-refractivity contribution in [1.82, 2.24) is 15.0 Å². The second-order valence-corrected chi connectivity index (χ2v) is 9.71. The molecule has 0 radical (unpaired) electrons. The van der Waals surface area contributed by atoms with Crippen molar-refractivity contribution in [2.24, 2.45) is 17.7 Å². The molecule has 14 nitrogen and oxygen atoms in total. The Morgan fingerprint density at radius 1 is 1.32 bits per heavy atom. The lowest BCUT2D eigenvalue weighted by Crippen LogP contribution is -2.53. The molecule has 1 saturated carbocycles. The number of carboxylic acids is 1. The number of ether oxygens (including phenoxy) is 2. The van der Waals surface area contributed by atoms with E-state index in [-0.39, 0.29) is 24.5 Å². The molecule has 1 aliphatic carbocycles. The standard InChI is InChI=1S/C24H35N5O9/c1-12-15(21(31)32)11-37-19(12)16-10-17(27-23(35)26-16)28-24(36)38-20(22(33)34)13(2)29(25)18(30)9-8-14-6-4-3-5-7-14/h10,13-15,19-21,31-32H,1,3-9,11,25H2,2H3,(H,33,34)(H2,26,27,28,35,36)/t13-,15+,19+,20-/m0/s1. The number of aliphatic carboxylic acids is 1. The Hall–Kier alpha value is -3.33. The number of hydrogen-bond donors (Lipinski definition) is 6. The van der Waals surface area contributed by atoms with Crippen LogP contribution in [0.1, 0.15) is 63.7 Å². The number of aliphatic hydroxyl groups is 2. The van der Waals surface area contributed by atoms with E-state index in [2.05, 4.69) is 21.9 Å². The number of carbonyl (C=O) groups is 3. The molecule has 210 valence electrons. The van der Waals surface area contributed by atoms with E-state index < -0.39 is 54.1 Å². The van der Waals surface area contributed by atoms with Crippen LogP contribution in [0.2, 0.25) is 0 Å². The molecule has 0 aromatic carbocycles. The number of aromatic nitrogens is 2. The normalized spacial score (nSPS) is 21.7. The van der Waals surface area contributed by atoms with E-state index in [1.807, 2.05) is 0 Å². The summed E-state index contributed by atoms with van der Waals surface area (Å²) >= 11 is 0. The molecule has 2 aliphatic rings. The second kappa shape index (κ2) is 13.0. The predicted molar refractivity (Wildman–Crippen MR) is 132 cm³/mol. The molecule has 2 heterocycles. The quantitative estimate of drug-likeness (QED) is 0.0805. The highest BCUT2D eigenvalue weighted by atomic mass is 16.6. The number of nitrogens with one attached hydrogen (secondary N) is 2. The number of aliphatic hydroxyl groups excluding tert-OH is 1. The van der Waals surface area contributed by atoms with Gasteiger partial charge < -0.3 is 29.8 Å². The summed E-state index contributed by atoms with van der Waals surface area (Å²) in [5, 5.41) is 31.4. The number of nitrogens with two attached hydrogens (primary N) is 1. The first kappa shape index (κ1) is 29.2. The summed E-state index contributed by atoms with van der Waals surface area (Å²) in [5.74, 6) is 3.30. The third-order valence-corrected chi connectivity index (χ3v) is 7.03. The monoisotopic (exact) mass is 537 g/mol. The zero-order valence-electron chi connectivity index (χ0n) is 21.2. The van der Waals surface area contributed by atoms with Crippen molar-refractivity contribution in [1.29, 1.82) is 0 Å². The van der Waals surface area contributed by atoms with Gasteiger partial charge in [-0.3, -0.25) is 15.1 Å². The number of hydrazine groups is 1. The number of carboxylic acid groups (broad SMARTS) is 1. The lowest BCUT2D eigenvalue weighted by molar-refractivity contribution is -0.152. The summed E-state index contributed by atoms with van der Waals surface area (Å²) < 4.78 is 10.5. The molecule has 4 atom stereocenters. The minimum absolute atomic E-state index is 0.0521. The molecule has 38 heavy (non-hydrogen) atoms. The first-order valence-electron chi connectivity index (χ1n) is 12.5. The number of carbonyl (C=O) groups excluding carboxylic acids is 2. The van der Waals surface area contributed by atoms with Gasteiger partial charge in [0.2, 0.25) is 12.0 Å². The van der Waals surface area contributed by atoms with Crippen molar-refractivity contribution in [2.75, 3.05) is 11.9 Å². The van der Waals surface area contributed by atoms with Gasteiger partial charge in [-0.2, -0.15) is 4.98 Å². The van der Waals surface area contributed by atoms with Gasteiger partial charge in [-0.15, -0.1) is 0 Å². The Kier molecular flexibility index (Phi) is 9.96. The van der Waals surface area contributed by atoms with Crippen molar-refractivity contribution < 1.29 is 39.2 Å². The van der Waals surface area contributed by atoms with Crippen LogP contribution in [-0.2, 0) is 19.1 Å². The Balaban J connectivity index is 1.62. The van der Waals surface area contributed by atoms with Gasteiger partial charge >= 0.3 is 17.8 Å². The minimum Gasteiger partial charge on any atom is -0.478 e. The van der Waals surface area contributed by atoms with Gasteiger partial charge in [0, 0.05) is 12.5 Å². The van der Waals surface area contributed by atoms with Crippen LogP contribution in [0.3, 0.4) is 0 Å². The Labute approximate surface area is 218 Å². The largest absolute Gasteiger partial charge is 0.478 e. The van der Waals surface area contributed by atoms with Crippen molar-refractivity contribution in [2.45, 2.75) is 76.4 Å². The second-order valence-electron chi connectivity index (χ2n) is 9.71. The molecule has 0 bridgehead atoms. The molecule has 2 fully saturated rings. The average Bonchev–Trinajstić information content (AvgIpc) is 3.26. The fraction of sp³-hybridized carbons (Fsp3) is 0.625. The predicted octanol–water partition coefficient (Wildman–Crippen LogP) is 0.777. The van der Waals surface area contributed by atoms with E-state index in [0.29, 0.717) is 17.9 Å². The molecule has 1 saturated heterocycles. The molecule has 1 aromatic heterocycles. The number of rotatable bonds is 10. The molecular weight excluding hydrogens is 502 g/mol. The Bertz CT molecular complexity index is 1090. The van der Waals surface area contributed by atoms with Crippen LogP contribution in [0.4, 0.5) is 10.6 Å². The molecular formula is C24H35N5O9. The zero-order chi connectivity index (χ0) is 28.0. The van der Waals surface area contributed by atoms with Crippen LogP contribution in [0, 0.1) is 11.8 Å². The first-order chi connectivity index (χ1) is 18.0. The van der Waals surface area contributed by atoms with Gasteiger partial charge in [0.25, 0.3) is 0 Å². The van der Waals surface area contributed by atoms with Crippen LogP contribution in [0.5, 0.6) is 0 Å². The molecule has 3 rings (SSSR count). The van der Waals surface area contributed by atoms with Crippen LogP contribution >= 0.6 is 0 Å². The van der Waals surface area contributed by atoms with E-state index in [1.54, 1.807) is 0 Å². The number of aromatic amines is 1. The molecule has 0 unspecified atom stereocenters. The van der Waals surface area contributed by atoms with Crippen molar-refractivity contribution in [3.63, 3.8) is 0 Å². The number of hydrogen-bond acceptors (Lipinski definition) is 10. The van der Waals surface area contributed by atoms with Crippen LogP contribution in [0.15, 0.2) is 23.0 Å². The molecule has 0 spiro atoms. The summed E-state index contributed by atoms with van der Waals surface area (Å²) in [4.78, 5) is 55.0. The third kappa shape index (κ3) is 7.37. The van der Waals surface area contributed by atoms with Gasteiger partial charge in [0.15, 0.2) is 6.29 Å². The zero-order valence-corrected chi connectivity index (χ0v) is 21.2. The maximum Gasteiger partial charge on any atom is 0.413 e. The third-order valence-electron chi connectivity index (χ3n) is 7.03. The summed E-state index contributed by atoms with van der Waals surface area (Å²) in [6.07, 6.45) is 0.724. The number of H-pyrrole nitrogens is 1. The van der Waals surface area contributed by atoms with Crippen LogP contribution < -0.4 is 16.8 Å². The highest BCUT2D eigenvalue weighted by molar-refractivity contribution is 5.86. The summed E-state index contributed by atoms with van der Waals surface area (Å²) in [6.45, 7) is 5.07. The first-order valence-corrected chi connectivity index (χ1v) is 12.5. The molecule has 7 N–H and O–H groups in total. The van der Waals surface area contributed by atoms with Gasteiger partial charge in [0.05, 0.1) is 24.3 Å². The number of amides is 2. The van der Waals surface area contributed by atoms with E-state index >= 15 is 0 Å². The molecule has 14 heteroatoms. The number of anilines is 1. The van der Waals surface area contributed by atoms with Crippen molar-refractivity contribution in [3.05, 3.63) is 34.4 Å². The van der Waals surface area contributed by atoms with Gasteiger partial charge in [0.1, 0.15) is 11.9 Å². The molecule has 1 aromatic rings. The smallest absolute Gasteiger partial charge is 0.413 e.